The number of hydrogen-bond acceptors (Lipinski definition) is 6. The Balaban J connectivity index is 1.28. The first-order chi connectivity index (χ1) is 15.1. The van der Waals surface area contributed by atoms with Crippen molar-refractivity contribution in [2.45, 2.75) is 6.42 Å². The Labute approximate surface area is 180 Å². The lowest BCUT2D eigenvalue weighted by atomic mass is 10.1. The van der Waals surface area contributed by atoms with Gasteiger partial charge in [-0.3, -0.25) is 0 Å². The molecule has 1 heterocycles. The Morgan fingerprint density at radius 1 is 0.903 bits per heavy atom. The highest BCUT2D eigenvalue weighted by molar-refractivity contribution is 7.53. The summed E-state index contributed by atoms with van der Waals surface area (Å²) < 4.78 is 17.3. The molecule has 158 valence electrons. The fraction of sp³-hybridized carbons (Fsp3) is 0.136. The third-order valence-electron chi connectivity index (χ3n) is 4.49. The number of aromatic nitrogens is 4. The lowest BCUT2D eigenvalue weighted by Crippen LogP contribution is -2.20. The molecule has 0 saturated heterocycles. The molecule has 1 aromatic heterocycles. The number of nitrogens with one attached hydrogen (secondary N) is 1. The number of benzene rings is 3. The molecule has 31 heavy (non-hydrogen) atoms. The molecule has 0 spiro atoms. The molecule has 0 radical (unpaired) electrons. The Morgan fingerprint density at radius 2 is 1.55 bits per heavy atom. The maximum atomic E-state index is 12.1. The van der Waals surface area contributed by atoms with E-state index in [1.807, 2.05) is 48.5 Å². The molecule has 1 unspecified atom stereocenters. The summed E-state index contributed by atoms with van der Waals surface area (Å²) in [6, 6.07) is 26.6. The second-order valence-electron chi connectivity index (χ2n) is 6.86. The molecule has 0 bridgehead atoms. The van der Waals surface area contributed by atoms with E-state index >= 15 is 0 Å². The molecular weight excluding hydrogens is 413 g/mol. The molecule has 4 rings (SSSR count). The van der Waals surface area contributed by atoms with Gasteiger partial charge in [-0.25, -0.2) is 4.57 Å². The average molecular weight is 435 g/mol. The molecule has 0 aliphatic rings. The van der Waals surface area contributed by atoms with Gasteiger partial charge >= 0.3 is 7.60 Å². The minimum absolute atomic E-state index is 0.170. The maximum Gasteiger partial charge on any atom is 0.390 e. The van der Waals surface area contributed by atoms with Crippen molar-refractivity contribution in [2.24, 2.45) is 0 Å². The Hall–Kier alpha value is -3.32. The summed E-state index contributed by atoms with van der Waals surface area (Å²) >= 11 is 0. The quantitative estimate of drug-likeness (QED) is 0.305. The summed E-state index contributed by atoms with van der Waals surface area (Å²) in [6.07, 6.45) is 0.296. The SMILES string of the molecule is O=P(O)(CNCCc1nnn(-c2ccc(-c3ccccc3)cc2)n1)Oc1ccccc1. The van der Waals surface area contributed by atoms with Gasteiger partial charge in [0.1, 0.15) is 12.0 Å². The average Bonchev–Trinajstić information content (AvgIpc) is 3.27. The molecule has 0 aliphatic heterocycles. The van der Waals surface area contributed by atoms with E-state index in [-0.39, 0.29) is 6.29 Å². The van der Waals surface area contributed by atoms with E-state index in [9.17, 15) is 9.46 Å². The van der Waals surface area contributed by atoms with Crippen LogP contribution in [0.15, 0.2) is 84.9 Å². The lowest BCUT2D eigenvalue weighted by molar-refractivity contribution is 0.374. The van der Waals surface area contributed by atoms with Crippen molar-refractivity contribution >= 4 is 7.60 Å². The lowest BCUT2D eigenvalue weighted by Gasteiger charge is -2.13. The fourth-order valence-electron chi connectivity index (χ4n) is 2.97. The van der Waals surface area contributed by atoms with Crippen molar-refractivity contribution in [1.29, 1.82) is 0 Å². The fourth-order valence-corrected chi connectivity index (χ4v) is 3.93. The van der Waals surface area contributed by atoms with E-state index in [0.29, 0.717) is 24.5 Å². The highest BCUT2D eigenvalue weighted by atomic mass is 31.2. The van der Waals surface area contributed by atoms with E-state index < -0.39 is 7.60 Å². The van der Waals surface area contributed by atoms with E-state index in [1.54, 1.807) is 24.3 Å². The number of tetrazole rings is 1. The van der Waals surface area contributed by atoms with Crippen LogP contribution in [0.5, 0.6) is 5.75 Å². The zero-order valence-corrected chi connectivity index (χ0v) is 17.6. The topological polar surface area (TPSA) is 102 Å². The minimum Gasteiger partial charge on any atom is -0.424 e. The van der Waals surface area contributed by atoms with E-state index in [2.05, 4.69) is 32.9 Å². The highest BCUT2D eigenvalue weighted by Crippen LogP contribution is 2.40. The summed E-state index contributed by atoms with van der Waals surface area (Å²) in [6.45, 7) is 0.418. The Bertz CT molecular complexity index is 1150. The van der Waals surface area contributed by atoms with Crippen LogP contribution in [0.2, 0.25) is 0 Å². The van der Waals surface area contributed by atoms with Crippen molar-refractivity contribution in [3.63, 3.8) is 0 Å². The van der Waals surface area contributed by atoms with Gasteiger partial charge in [0, 0.05) is 13.0 Å². The van der Waals surface area contributed by atoms with Gasteiger partial charge in [-0.05, 0) is 40.6 Å². The monoisotopic (exact) mass is 435 g/mol. The Morgan fingerprint density at radius 3 is 2.26 bits per heavy atom. The summed E-state index contributed by atoms with van der Waals surface area (Å²) in [4.78, 5) is 11.4. The molecule has 3 aromatic carbocycles. The van der Waals surface area contributed by atoms with Crippen molar-refractivity contribution in [3.05, 3.63) is 90.8 Å². The Kier molecular flexibility index (Phi) is 6.52. The van der Waals surface area contributed by atoms with Crippen LogP contribution in [0.25, 0.3) is 16.8 Å². The van der Waals surface area contributed by atoms with Gasteiger partial charge in [0.25, 0.3) is 0 Å². The van der Waals surface area contributed by atoms with Gasteiger partial charge in [-0.1, -0.05) is 60.7 Å². The van der Waals surface area contributed by atoms with Crippen LogP contribution in [0.1, 0.15) is 5.82 Å². The zero-order chi connectivity index (χ0) is 21.5. The first kappa shape index (κ1) is 20.9. The molecule has 0 saturated carbocycles. The first-order valence-corrected chi connectivity index (χ1v) is 11.6. The molecule has 8 nitrogen and oxygen atoms in total. The minimum atomic E-state index is -3.78. The van der Waals surface area contributed by atoms with Crippen LogP contribution in [0.3, 0.4) is 0 Å². The van der Waals surface area contributed by atoms with Gasteiger partial charge in [-0.2, -0.15) is 0 Å². The van der Waals surface area contributed by atoms with Crippen LogP contribution in [-0.4, -0.2) is 37.9 Å². The number of nitrogens with zero attached hydrogens (tertiary/aromatic N) is 4. The standard InChI is InChI=1S/C22H22N5O3P/c28-31(29,30-21-9-5-2-6-10-21)17-23-16-15-22-24-26-27(25-22)20-13-11-19(12-14-20)18-7-3-1-4-8-18/h1-14,23H,15-17H2,(H,28,29). The molecule has 0 aliphatic carbocycles. The normalized spacial score (nSPS) is 12.9. The van der Waals surface area contributed by atoms with Crippen LogP contribution in [0.4, 0.5) is 0 Å². The van der Waals surface area contributed by atoms with Gasteiger partial charge in [0.15, 0.2) is 5.82 Å². The smallest absolute Gasteiger partial charge is 0.390 e. The molecule has 1 atom stereocenters. The number of para-hydroxylation sites is 1. The van der Waals surface area contributed by atoms with E-state index in [0.717, 1.165) is 16.8 Å². The zero-order valence-electron chi connectivity index (χ0n) is 16.7. The van der Waals surface area contributed by atoms with Crippen molar-refractivity contribution in [2.75, 3.05) is 12.8 Å². The van der Waals surface area contributed by atoms with Crippen LogP contribution < -0.4 is 9.84 Å². The molecule has 9 heteroatoms. The summed E-state index contributed by atoms with van der Waals surface area (Å²) in [5.41, 5.74) is 3.06. The van der Waals surface area contributed by atoms with Crippen molar-refractivity contribution in [1.82, 2.24) is 25.5 Å². The van der Waals surface area contributed by atoms with Crippen LogP contribution in [0, 0.1) is 0 Å². The molecular formula is C22H22N5O3P. The number of rotatable bonds is 9. The van der Waals surface area contributed by atoms with Gasteiger partial charge in [0.05, 0.1) is 5.69 Å². The van der Waals surface area contributed by atoms with Crippen LogP contribution in [-0.2, 0) is 11.0 Å². The molecule has 2 N–H and O–H groups in total. The summed E-state index contributed by atoms with van der Waals surface area (Å²) in [5.74, 6) is 0.898. The highest BCUT2D eigenvalue weighted by Gasteiger charge is 2.20. The van der Waals surface area contributed by atoms with Gasteiger partial charge in [0.2, 0.25) is 0 Å². The number of hydrogen-bond donors (Lipinski definition) is 2. The van der Waals surface area contributed by atoms with E-state index in [4.69, 9.17) is 4.52 Å². The second kappa shape index (κ2) is 9.66. The molecule has 0 fully saturated rings. The predicted octanol–water partition coefficient (Wildman–Crippen LogP) is 3.68. The summed E-state index contributed by atoms with van der Waals surface area (Å²) in [5, 5.41) is 15.4. The van der Waals surface area contributed by atoms with Gasteiger partial charge < -0.3 is 14.7 Å². The third-order valence-corrected chi connectivity index (χ3v) is 5.61. The van der Waals surface area contributed by atoms with Crippen molar-refractivity contribution in [3.8, 4) is 22.6 Å². The second-order valence-corrected chi connectivity index (χ2v) is 8.63. The largest absolute Gasteiger partial charge is 0.424 e. The summed E-state index contributed by atoms with van der Waals surface area (Å²) in [7, 11) is -3.78. The van der Waals surface area contributed by atoms with Gasteiger partial charge in [-0.15, -0.1) is 15.0 Å². The van der Waals surface area contributed by atoms with Crippen LogP contribution >= 0.6 is 7.60 Å². The maximum absolute atomic E-state index is 12.1. The molecule has 4 aromatic rings. The third kappa shape index (κ3) is 5.86. The van der Waals surface area contributed by atoms with E-state index in [1.165, 1.54) is 4.80 Å². The van der Waals surface area contributed by atoms with Crippen molar-refractivity contribution < 1.29 is 14.0 Å². The molecule has 0 amide bonds. The first-order valence-electron chi connectivity index (χ1n) is 9.81. The predicted molar refractivity (Wildman–Crippen MR) is 118 cm³/mol.